The summed E-state index contributed by atoms with van der Waals surface area (Å²) in [6.07, 6.45) is 2.24. The molecule has 166 valence electrons. The van der Waals surface area contributed by atoms with E-state index in [9.17, 15) is 4.55 Å². The maximum Gasteiger partial charge on any atom is 0.137 e. The van der Waals surface area contributed by atoms with Gasteiger partial charge in [0.1, 0.15) is 4.75 Å². The lowest BCUT2D eigenvalue weighted by atomic mass is 9.90. The van der Waals surface area contributed by atoms with E-state index in [2.05, 4.69) is 99.1 Å². The highest BCUT2D eigenvalue weighted by molar-refractivity contribution is 7.90. The Bertz CT molecular complexity index is 1040. The van der Waals surface area contributed by atoms with Gasteiger partial charge in [0.05, 0.1) is 23.4 Å². The largest absolute Gasteiger partial charge is 0.597 e. The zero-order valence-corrected chi connectivity index (χ0v) is 20.5. The second kappa shape index (κ2) is 8.27. The number of rotatable bonds is 3. The first-order valence-corrected chi connectivity index (χ1v) is 12.4. The number of fused-ring (bicyclic) bond motifs is 1. The molecule has 2 aromatic carbocycles. The maximum atomic E-state index is 12.9. The Balaban J connectivity index is 1.61. The fraction of sp³-hybridized carbons (Fsp3) is 0.500. The molecule has 1 saturated heterocycles. The number of piperidine rings is 1. The van der Waals surface area contributed by atoms with Crippen LogP contribution >= 0.6 is 0 Å². The molecule has 4 nitrogen and oxygen atoms in total. The Morgan fingerprint density at radius 1 is 0.968 bits per heavy atom. The van der Waals surface area contributed by atoms with Crippen molar-refractivity contribution in [2.75, 3.05) is 13.1 Å². The van der Waals surface area contributed by atoms with Crippen LogP contribution in [0, 0.1) is 0 Å². The van der Waals surface area contributed by atoms with E-state index >= 15 is 0 Å². The molecule has 1 aliphatic rings. The monoisotopic (exact) mass is 437 g/mol. The molecule has 0 saturated carbocycles. The molecule has 1 fully saturated rings. The van der Waals surface area contributed by atoms with Crippen molar-refractivity contribution in [3.05, 3.63) is 59.8 Å². The Morgan fingerprint density at radius 3 is 2.29 bits per heavy atom. The average molecular weight is 438 g/mol. The van der Waals surface area contributed by atoms with E-state index in [0.717, 1.165) is 42.8 Å². The molecule has 0 N–H and O–H groups in total. The highest BCUT2D eigenvalue weighted by Crippen LogP contribution is 2.33. The summed E-state index contributed by atoms with van der Waals surface area (Å²) in [5.41, 5.74) is 4.66. The number of para-hydroxylation sites is 1. The van der Waals surface area contributed by atoms with Gasteiger partial charge in [-0.25, -0.2) is 4.68 Å². The minimum absolute atomic E-state index is 0.0148. The summed E-state index contributed by atoms with van der Waals surface area (Å²) in [7, 11) is 0. The zero-order chi connectivity index (χ0) is 22.4. The Hall–Kier alpha value is -1.82. The van der Waals surface area contributed by atoms with Crippen molar-refractivity contribution in [2.45, 2.75) is 70.5 Å². The van der Waals surface area contributed by atoms with Gasteiger partial charge in [-0.15, -0.1) is 4.31 Å². The molecule has 5 heteroatoms. The topological polar surface area (TPSA) is 44.1 Å². The average Bonchev–Trinajstić information content (AvgIpc) is 3.13. The first-order chi connectivity index (χ1) is 14.6. The zero-order valence-electron chi connectivity index (χ0n) is 19.7. The molecule has 2 atom stereocenters. The summed E-state index contributed by atoms with van der Waals surface area (Å²) < 4.78 is 16.9. The second-order valence-electron chi connectivity index (χ2n) is 10.7. The van der Waals surface area contributed by atoms with E-state index in [1.54, 1.807) is 0 Å². The summed E-state index contributed by atoms with van der Waals surface area (Å²) in [5, 5.41) is 6.22. The van der Waals surface area contributed by atoms with Crippen molar-refractivity contribution >= 4 is 22.3 Å². The van der Waals surface area contributed by atoms with Gasteiger partial charge in [-0.2, -0.15) is 5.10 Å². The summed E-state index contributed by atoms with van der Waals surface area (Å²) in [6.45, 7) is 14.6. The molecule has 0 aliphatic carbocycles. The van der Waals surface area contributed by atoms with Crippen LogP contribution in [-0.4, -0.2) is 36.5 Å². The molecular weight excluding hydrogens is 402 g/mol. The molecule has 3 aromatic rings. The summed E-state index contributed by atoms with van der Waals surface area (Å²) in [5.74, 6) is 0.425. The highest BCUT2D eigenvalue weighted by atomic mass is 32.2. The molecule has 1 unspecified atom stereocenters. The lowest BCUT2D eigenvalue weighted by molar-refractivity contribution is 0.308. The summed E-state index contributed by atoms with van der Waals surface area (Å²) in [6, 6.07) is 17.3. The second-order valence-corrected chi connectivity index (χ2v) is 12.9. The number of aromatic nitrogens is 2. The van der Waals surface area contributed by atoms with Gasteiger partial charge in [0.25, 0.3) is 0 Å². The minimum atomic E-state index is -0.955. The SMILES string of the molecule is CC(C)(C)c1nn(-c2ccc(C3CCCN([S@@+]([O-])C(C)(C)C)C3)cc2)c2ccccc12. The molecule has 1 aromatic heterocycles. The van der Waals surface area contributed by atoms with Crippen LogP contribution in [-0.2, 0) is 16.8 Å². The van der Waals surface area contributed by atoms with Crippen LogP contribution in [0.25, 0.3) is 16.6 Å². The van der Waals surface area contributed by atoms with Gasteiger partial charge in [-0.3, -0.25) is 0 Å². The van der Waals surface area contributed by atoms with E-state index in [1.807, 2.05) is 0 Å². The Morgan fingerprint density at radius 2 is 1.65 bits per heavy atom. The van der Waals surface area contributed by atoms with E-state index < -0.39 is 11.4 Å². The van der Waals surface area contributed by atoms with E-state index in [-0.39, 0.29) is 10.2 Å². The molecule has 0 radical (unpaired) electrons. The lowest BCUT2D eigenvalue weighted by Gasteiger charge is -2.37. The highest BCUT2D eigenvalue weighted by Gasteiger charge is 2.36. The van der Waals surface area contributed by atoms with Crippen LogP contribution in [0.1, 0.15) is 71.6 Å². The summed E-state index contributed by atoms with van der Waals surface area (Å²) in [4.78, 5) is 0. The predicted octanol–water partition coefficient (Wildman–Crippen LogP) is 5.96. The van der Waals surface area contributed by atoms with Gasteiger partial charge in [0.15, 0.2) is 0 Å². The van der Waals surface area contributed by atoms with Crippen LogP contribution < -0.4 is 0 Å². The normalized spacial score (nSPS) is 19.6. The van der Waals surface area contributed by atoms with Crippen molar-refractivity contribution in [3.63, 3.8) is 0 Å². The van der Waals surface area contributed by atoms with Gasteiger partial charge in [0.2, 0.25) is 0 Å². The lowest BCUT2D eigenvalue weighted by Crippen LogP contribution is -2.47. The fourth-order valence-electron chi connectivity index (χ4n) is 4.46. The van der Waals surface area contributed by atoms with Gasteiger partial charge in [0, 0.05) is 34.6 Å². The Labute approximate surface area is 190 Å². The quantitative estimate of drug-likeness (QED) is 0.475. The Kier molecular flexibility index (Phi) is 5.97. The number of hydrogen-bond acceptors (Lipinski definition) is 3. The molecule has 0 bridgehead atoms. The first-order valence-electron chi connectivity index (χ1n) is 11.3. The van der Waals surface area contributed by atoms with Gasteiger partial charge in [-0.05, 0) is 57.4 Å². The smallest absolute Gasteiger partial charge is 0.137 e. The number of benzene rings is 2. The van der Waals surface area contributed by atoms with Crippen LogP contribution in [0.2, 0.25) is 0 Å². The van der Waals surface area contributed by atoms with Crippen LogP contribution in [0.3, 0.4) is 0 Å². The minimum Gasteiger partial charge on any atom is -0.597 e. The van der Waals surface area contributed by atoms with Crippen molar-refractivity contribution in [3.8, 4) is 5.69 Å². The van der Waals surface area contributed by atoms with Crippen molar-refractivity contribution in [1.82, 2.24) is 14.1 Å². The molecule has 4 rings (SSSR count). The fourth-order valence-corrected chi connectivity index (χ4v) is 5.84. The van der Waals surface area contributed by atoms with Crippen molar-refractivity contribution in [2.24, 2.45) is 0 Å². The van der Waals surface area contributed by atoms with Crippen LogP contribution in [0.15, 0.2) is 48.5 Å². The molecule has 0 spiro atoms. The predicted molar refractivity (Wildman–Crippen MR) is 131 cm³/mol. The molecule has 1 aliphatic heterocycles. The molecule has 2 heterocycles. The summed E-state index contributed by atoms with van der Waals surface area (Å²) >= 11 is -0.955. The van der Waals surface area contributed by atoms with E-state index in [1.165, 1.54) is 10.9 Å². The van der Waals surface area contributed by atoms with Gasteiger partial charge in [-0.1, -0.05) is 51.1 Å². The van der Waals surface area contributed by atoms with Crippen LogP contribution in [0.5, 0.6) is 0 Å². The molecule has 0 amide bonds. The van der Waals surface area contributed by atoms with Crippen LogP contribution in [0.4, 0.5) is 0 Å². The third kappa shape index (κ3) is 4.55. The third-order valence-electron chi connectivity index (χ3n) is 6.05. The van der Waals surface area contributed by atoms with Gasteiger partial charge >= 0.3 is 0 Å². The van der Waals surface area contributed by atoms with Crippen molar-refractivity contribution in [1.29, 1.82) is 0 Å². The third-order valence-corrected chi connectivity index (χ3v) is 7.90. The van der Waals surface area contributed by atoms with Gasteiger partial charge < -0.3 is 4.55 Å². The molecule has 31 heavy (non-hydrogen) atoms. The molecular formula is C26H35N3OS. The number of nitrogens with zero attached hydrogens (tertiary/aromatic N) is 3. The first kappa shape index (κ1) is 22.4. The standard InChI is InChI=1S/C26H35N3OS/c1-25(2,3)24-22-11-7-8-12-23(22)29(27-24)21-15-13-19(14-16-21)20-10-9-17-28(18-20)31(30)26(4,5)6/h7-8,11-16,20H,9-10,17-18H2,1-6H3/t20?,31-/m0/s1. The van der Waals surface area contributed by atoms with E-state index in [4.69, 9.17) is 5.10 Å². The van der Waals surface area contributed by atoms with E-state index in [0.29, 0.717) is 5.92 Å². The number of hydrogen-bond donors (Lipinski definition) is 0. The maximum absolute atomic E-state index is 12.9. The van der Waals surface area contributed by atoms with Crippen molar-refractivity contribution < 1.29 is 4.55 Å².